The Morgan fingerprint density at radius 2 is 1.56 bits per heavy atom. The zero-order valence-corrected chi connectivity index (χ0v) is 20.5. The lowest BCUT2D eigenvalue weighted by atomic mass is 9.95. The molecule has 1 unspecified atom stereocenters. The summed E-state index contributed by atoms with van der Waals surface area (Å²) < 4.78 is 0. The molecule has 4 rings (SSSR count). The van der Waals surface area contributed by atoms with E-state index in [1.165, 1.54) is 36.9 Å². The van der Waals surface area contributed by atoms with Crippen molar-refractivity contribution in [2.75, 3.05) is 19.6 Å². The molecule has 2 fully saturated rings. The van der Waals surface area contributed by atoms with Gasteiger partial charge in [-0.2, -0.15) is 0 Å². The van der Waals surface area contributed by atoms with Crippen LogP contribution in [0.5, 0.6) is 0 Å². The number of carbonyl (C=O) groups excluding carboxylic acids is 2. The van der Waals surface area contributed by atoms with Crippen molar-refractivity contribution in [2.45, 2.75) is 71.0 Å². The number of benzene rings is 2. The molecule has 2 aliphatic rings. The van der Waals surface area contributed by atoms with Crippen molar-refractivity contribution in [2.24, 2.45) is 5.92 Å². The Bertz CT molecular complexity index is 920. The second-order valence-electron chi connectivity index (χ2n) is 9.99. The first-order valence-corrected chi connectivity index (χ1v) is 13.0. The summed E-state index contributed by atoms with van der Waals surface area (Å²) in [4.78, 5) is 29.7. The van der Waals surface area contributed by atoms with Crippen LogP contribution in [0.15, 0.2) is 54.6 Å². The second kappa shape index (κ2) is 12.2. The number of hydrogen-bond donors (Lipinski definition) is 1. The number of piperidine rings is 2. The van der Waals surface area contributed by atoms with Crippen molar-refractivity contribution < 1.29 is 9.59 Å². The molecule has 2 heterocycles. The first-order chi connectivity index (χ1) is 16.6. The lowest BCUT2D eigenvalue weighted by Gasteiger charge is -2.33. The molecular weight excluding hydrogens is 422 g/mol. The van der Waals surface area contributed by atoms with Crippen LogP contribution >= 0.6 is 0 Å². The van der Waals surface area contributed by atoms with Gasteiger partial charge in [0.1, 0.15) is 0 Å². The highest BCUT2D eigenvalue weighted by atomic mass is 16.2. The number of nitrogens with one attached hydrogen (secondary N) is 1. The molecule has 2 aromatic rings. The van der Waals surface area contributed by atoms with Gasteiger partial charge in [0, 0.05) is 44.6 Å². The van der Waals surface area contributed by atoms with Crippen LogP contribution in [0.4, 0.5) is 0 Å². The smallest absolute Gasteiger partial charge is 0.223 e. The van der Waals surface area contributed by atoms with Crippen LogP contribution in [-0.2, 0) is 29.1 Å². The number of likely N-dealkylation sites (tertiary alicyclic amines) is 2. The normalized spacial score (nSPS) is 19.7. The molecule has 2 amide bonds. The lowest BCUT2D eigenvalue weighted by molar-refractivity contribution is -0.135. The Labute approximate surface area is 204 Å². The molecule has 0 radical (unpaired) electrons. The van der Waals surface area contributed by atoms with E-state index in [1.807, 2.05) is 23.1 Å². The van der Waals surface area contributed by atoms with Crippen molar-refractivity contribution in [3.8, 4) is 0 Å². The molecular formula is C29H39N3O2. The summed E-state index contributed by atoms with van der Waals surface area (Å²) in [6.45, 7) is 6.45. The van der Waals surface area contributed by atoms with Gasteiger partial charge in [-0.3, -0.25) is 14.5 Å². The highest BCUT2D eigenvalue weighted by Crippen LogP contribution is 2.20. The van der Waals surface area contributed by atoms with E-state index in [-0.39, 0.29) is 17.7 Å². The third-order valence-corrected chi connectivity index (χ3v) is 7.50. The highest BCUT2D eigenvalue weighted by molar-refractivity contribution is 5.80. The molecule has 182 valence electrons. The molecule has 5 nitrogen and oxygen atoms in total. The van der Waals surface area contributed by atoms with Crippen molar-refractivity contribution >= 4 is 11.8 Å². The van der Waals surface area contributed by atoms with E-state index in [2.05, 4.69) is 53.5 Å². The maximum Gasteiger partial charge on any atom is 0.223 e. The summed E-state index contributed by atoms with van der Waals surface area (Å²) in [5.41, 5.74) is 3.67. The predicted molar refractivity (Wildman–Crippen MR) is 136 cm³/mol. The minimum Gasteiger partial charge on any atom is -0.352 e. The van der Waals surface area contributed by atoms with Crippen LogP contribution < -0.4 is 5.32 Å². The Kier molecular flexibility index (Phi) is 8.75. The summed E-state index contributed by atoms with van der Waals surface area (Å²) in [5.74, 6) is 0.308. The Balaban J connectivity index is 1.16. The quantitative estimate of drug-likeness (QED) is 0.628. The number of rotatable bonds is 8. The van der Waals surface area contributed by atoms with Gasteiger partial charge in [-0.1, -0.05) is 61.0 Å². The average molecular weight is 462 g/mol. The summed E-state index contributed by atoms with van der Waals surface area (Å²) in [7, 11) is 0. The predicted octanol–water partition coefficient (Wildman–Crippen LogP) is 4.55. The number of nitrogens with zero attached hydrogens (tertiary/aromatic N) is 2. The molecule has 0 bridgehead atoms. The van der Waals surface area contributed by atoms with Gasteiger partial charge in [0.05, 0.1) is 0 Å². The third kappa shape index (κ3) is 6.92. The summed E-state index contributed by atoms with van der Waals surface area (Å²) in [6.07, 6.45) is 6.75. The van der Waals surface area contributed by atoms with Gasteiger partial charge in [-0.05, 0) is 62.3 Å². The van der Waals surface area contributed by atoms with Crippen LogP contribution in [0.2, 0.25) is 0 Å². The van der Waals surface area contributed by atoms with E-state index in [9.17, 15) is 9.59 Å². The fraction of sp³-hybridized carbons (Fsp3) is 0.517. The average Bonchev–Trinajstić information content (AvgIpc) is 2.88. The van der Waals surface area contributed by atoms with Gasteiger partial charge in [0.15, 0.2) is 0 Å². The molecule has 1 atom stereocenters. The van der Waals surface area contributed by atoms with Gasteiger partial charge >= 0.3 is 0 Å². The summed E-state index contributed by atoms with van der Waals surface area (Å²) >= 11 is 0. The molecule has 0 aliphatic carbocycles. The number of amides is 2. The number of carbonyl (C=O) groups is 2. The Morgan fingerprint density at radius 3 is 2.26 bits per heavy atom. The van der Waals surface area contributed by atoms with Crippen LogP contribution in [0.3, 0.4) is 0 Å². The minimum atomic E-state index is -0.00182. The standard InChI is InChI=1S/C29H39N3O2/c1-23-7-5-6-18-32(23)22-26-12-10-25(11-13-26)21-30-29(34)27-16-19-31(20-17-27)28(33)15-14-24-8-3-2-4-9-24/h2-4,8-13,23,27H,5-7,14-22H2,1H3,(H,30,34). The van der Waals surface area contributed by atoms with Crippen molar-refractivity contribution in [1.29, 1.82) is 0 Å². The van der Waals surface area contributed by atoms with E-state index in [0.717, 1.165) is 31.4 Å². The van der Waals surface area contributed by atoms with Crippen LogP contribution in [0, 0.1) is 5.92 Å². The van der Waals surface area contributed by atoms with Crippen molar-refractivity contribution in [3.63, 3.8) is 0 Å². The van der Waals surface area contributed by atoms with E-state index >= 15 is 0 Å². The largest absolute Gasteiger partial charge is 0.352 e. The van der Waals surface area contributed by atoms with Crippen LogP contribution in [0.25, 0.3) is 0 Å². The molecule has 0 aromatic heterocycles. The summed E-state index contributed by atoms with van der Waals surface area (Å²) in [6, 6.07) is 19.5. The SMILES string of the molecule is CC1CCCCN1Cc1ccc(CNC(=O)C2CCN(C(=O)CCc3ccccc3)CC2)cc1. The fourth-order valence-electron chi connectivity index (χ4n) is 5.17. The topological polar surface area (TPSA) is 52.7 Å². The first kappa shape index (κ1) is 24.5. The zero-order chi connectivity index (χ0) is 23.8. The van der Waals surface area contributed by atoms with Gasteiger partial charge in [0.2, 0.25) is 11.8 Å². The van der Waals surface area contributed by atoms with Gasteiger partial charge in [-0.25, -0.2) is 0 Å². The van der Waals surface area contributed by atoms with Gasteiger partial charge < -0.3 is 10.2 Å². The highest BCUT2D eigenvalue weighted by Gasteiger charge is 2.27. The van der Waals surface area contributed by atoms with Crippen molar-refractivity contribution in [1.82, 2.24) is 15.1 Å². The Hall–Kier alpha value is -2.66. The molecule has 0 spiro atoms. The molecule has 1 N–H and O–H groups in total. The molecule has 2 aliphatic heterocycles. The summed E-state index contributed by atoms with van der Waals surface area (Å²) in [5, 5.41) is 3.11. The van der Waals surface area contributed by atoms with E-state index in [1.54, 1.807) is 0 Å². The van der Waals surface area contributed by atoms with E-state index in [0.29, 0.717) is 32.1 Å². The molecule has 0 saturated carbocycles. The molecule has 2 aromatic carbocycles. The van der Waals surface area contributed by atoms with E-state index in [4.69, 9.17) is 0 Å². The first-order valence-electron chi connectivity index (χ1n) is 13.0. The fourth-order valence-corrected chi connectivity index (χ4v) is 5.17. The van der Waals surface area contributed by atoms with Crippen LogP contribution in [0.1, 0.15) is 62.1 Å². The number of aryl methyl sites for hydroxylation is 1. The maximum absolute atomic E-state index is 12.7. The monoisotopic (exact) mass is 461 g/mol. The zero-order valence-electron chi connectivity index (χ0n) is 20.5. The lowest BCUT2D eigenvalue weighted by Crippen LogP contribution is -2.43. The molecule has 2 saturated heterocycles. The van der Waals surface area contributed by atoms with Crippen LogP contribution in [-0.4, -0.2) is 47.3 Å². The maximum atomic E-state index is 12.7. The third-order valence-electron chi connectivity index (χ3n) is 7.50. The van der Waals surface area contributed by atoms with Gasteiger partial charge in [-0.15, -0.1) is 0 Å². The van der Waals surface area contributed by atoms with Gasteiger partial charge in [0.25, 0.3) is 0 Å². The molecule has 34 heavy (non-hydrogen) atoms. The van der Waals surface area contributed by atoms with Crippen molar-refractivity contribution in [3.05, 3.63) is 71.3 Å². The molecule has 5 heteroatoms. The number of hydrogen-bond acceptors (Lipinski definition) is 3. The second-order valence-corrected chi connectivity index (χ2v) is 9.99. The van der Waals surface area contributed by atoms with E-state index < -0.39 is 0 Å². The minimum absolute atomic E-state index is 0.00182. The Morgan fingerprint density at radius 1 is 0.853 bits per heavy atom.